The minimum atomic E-state index is -0.842. The van der Waals surface area contributed by atoms with E-state index in [4.69, 9.17) is 5.11 Å². The van der Waals surface area contributed by atoms with Crippen molar-refractivity contribution in [3.8, 4) is 0 Å². The molecule has 0 amide bonds. The fourth-order valence-corrected chi connectivity index (χ4v) is 1.19. The summed E-state index contributed by atoms with van der Waals surface area (Å²) in [6, 6.07) is 3.21. The quantitative estimate of drug-likeness (QED) is 0.756. The fraction of sp³-hybridized carbons (Fsp3) is 0.400. The van der Waals surface area contributed by atoms with Crippen LogP contribution < -0.4 is 5.32 Å². The monoisotopic (exact) mass is 194 g/mol. The van der Waals surface area contributed by atoms with E-state index in [0.29, 0.717) is 0 Å². The normalized spacial score (nSPS) is 14.7. The molecule has 0 aromatic carbocycles. The van der Waals surface area contributed by atoms with Crippen LogP contribution in [0.1, 0.15) is 25.5 Å². The lowest BCUT2D eigenvalue weighted by molar-refractivity contribution is -0.139. The van der Waals surface area contributed by atoms with Crippen LogP contribution in [0, 0.1) is 0 Å². The molecule has 14 heavy (non-hydrogen) atoms. The third kappa shape index (κ3) is 2.81. The van der Waals surface area contributed by atoms with Crippen LogP contribution in [-0.2, 0) is 4.79 Å². The second-order valence-electron chi connectivity index (χ2n) is 3.23. The highest BCUT2D eigenvalue weighted by Crippen LogP contribution is 2.10. The van der Waals surface area contributed by atoms with Crippen molar-refractivity contribution >= 4 is 5.97 Å². The van der Waals surface area contributed by atoms with E-state index in [1.165, 1.54) is 0 Å². The van der Waals surface area contributed by atoms with Crippen LogP contribution in [0.25, 0.3) is 0 Å². The molecule has 0 aliphatic carbocycles. The number of nitrogens with zero attached hydrogens (tertiary/aromatic N) is 1. The number of carboxylic acids is 1. The molecule has 1 aromatic rings. The van der Waals surface area contributed by atoms with Gasteiger partial charge in [-0.2, -0.15) is 0 Å². The van der Waals surface area contributed by atoms with Gasteiger partial charge in [-0.25, -0.2) is 0 Å². The van der Waals surface area contributed by atoms with Gasteiger partial charge in [-0.15, -0.1) is 0 Å². The summed E-state index contributed by atoms with van der Waals surface area (Å²) in [6.07, 6.45) is 3.39. The maximum Gasteiger partial charge on any atom is 0.320 e. The number of carboxylic acid groups (broad SMARTS) is 1. The third-order valence-corrected chi connectivity index (χ3v) is 2.08. The molecule has 0 radical (unpaired) electrons. The molecule has 1 heterocycles. The first-order chi connectivity index (χ1) is 6.61. The first kappa shape index (κ1) is 10.7. The number of hydrogen-bond donors (Lipinski definition) is 2. The van der Waals surface area contributed by atoms with Crippen LogP contribution in [0.5, 0.6) is 0 Å². The van der Waals surface area contributed by atoms with Crippen LogP contribution in [-0.4, -0.2) is 22.1 Å². The molecule has 0 bridgehead atoms. The molecule has 2 N–H and O–H groups in total. The van der Waals surface area contributed by atoms with E-state index in [9.17, 15) is 4.79 Å². The Morgan fingerprint density at radius 2 is 2.00 bits per heavy atom. The highest BCUT2D eigenvalue weighted by molar-refractivity contribution is 5.72. The Morgan fingerprint density at radius 3 is 2.50 bits per heavy atom. The number of aliphatic carboxylic acids is 1. The second-order valence-corrected chi connectivity index (χ2v) is 3.23. The summed E-state index contributed by atoms with van der Waals surface area (Å²) in [6.45, 7) is 3.55. The van der Waals surface area contributed by atoms with Gasteiger partial charge in [-0.1, -0.05) is 0 Å². The molecule has 0 aliphatic rings. The molecular weight excluding hydrogens is 180 g/mol. The number of nitrogens with one attached hydrogen (secondary N) is 1. The predicted octanol–water partition coefficient (Wildman–Crippen LogP) is 1.21. The van der Waals surface area contributed by atoms with Crippen molar-refractivity contribution in [3.05, 3.63) is 30.1 Å². The lowest BCUT2D eigenvalue weighted by Gasteiger charge is -2.16. The smallest absolute Gasteiger partial charge is 0.320 e. The van der Waals surface area contributed by atoms with Crippen molar-refractivity contribution in [1.82, 2.24) is 10.3 Å². The molecule has 1 aromatic heterocycles. The lowest BCUT2D eigenvalue weighted by atomic mass is 10.1. The zero-order chi connectivity index (χ0) is 10.6. The molecule has 1 unspecified atom stereocenters. The standard InChI is InChI=1S/C10H14N2O2/c1-7(12-8(2)10(13)14)9-3-5-11-6-4-9/h3-8,12H,1-2H3,(H,13,14)/t7-,8?/m0/s1. The maximum absolute atomic E-state index is 10.6. The summed E-state index contributed by atoms with van der Waals surface area (Å²) in [5, 5.41) is 11.7. The van der Waals surface area contributed by atoms with E-state index in [2.05, 4.69) is 10.3 Å². The average Bonchev–Trinajstić information content (AvgIpc) is 2.19. The fourth-order valence-electron chi connectivity index (χ4n) is 1.19. The first-order valence-electron chi connectivity index (χ1n) is 4.50. The zero-order valence-electron chi connectivity index (χ0n) is 8.27. The largest absolute Gasteiger partial charge is 0.480 e. The molecule has 0 spiro atoms. The number of rotatable bonds is 4. The Hall–Kier alpha value is -1.42. The van der Waals surface area contributed by atoms with Gasteiger partial charge in [0.2, 0.25) is 0 Å². The summed E-state index contributed by atoms with van der Waals surface area (Å²) in [5.74, 6) is -0.842. The molecule has 2 atom stereocenters. The maximum atomic E-state index is 10.6. The number of carbonyl (C=O) groups is 1. The SMILES string of the molecule is CC(N[C@@H](C)c1ccncc1)C(=O)O. The molecule has 0 fully saturated rings. The van der Waals surface area contributed by atoms with Gasteiger partial charge in [0, 0.05) is 18.4 Å². The molecule has 0 saturated heterocycles. The summed E-state index contributed by atoms with van der Waals surface area (Å²) in [5.41, 5.74) is 1.04. The van der Waals surface area contributed by atoms with Crippen LogP contribution in [0.2, 0.25) is 0 Å². The zero-order valence-corrected chi connectivity index (χ0v) is 8.27. The second kappa shape index (κ2) is 4.72. The van der Waals surface area contributed by atoms with Crippen molar-refractivity contribution in [2.24, 2.45) is 0 Å². The minimum absolute atomic E-state index is 0.0177. The average molecular weight is 194 g/mol. The molecule has 0 aliphatic heterocycles. The van der Waals surface area contributed by atoms with Gasteiger partial charge in [0.25, 0.3) is 0 Å². The van der Waals surface area contributed by atoms with Gasteiger partial charge >= 0.3 is 5.97 Å². The van der Waals surface area contributed by atoms with Crippen molar-refractivity contribution in [1.29, 1.82) is 0 Å². The van der Waals surface area contributed by atoms with E-state index in [-0.39, 0.29) is 6.04 Å². The Kier molecular flexibility index (Phi) is 3.59. The topological polar surface area (TPSA) is 62.2 Å². The minimum Gasteiger partial charge on any atom is -0.480 e. The highest BCUT2D eigenvalue weighted by atomic mass is 16.4. The third-order valence-electron chi connectivity index (χ3n) is 2.08. The summed E-state index contributed by atoms with van der Waals surface area (Å²) >= 11 is 0. The number of aromatic nitrogens is 1. The van der Waals surface area contributed by atoms with Crippen molar-refractivity contribution in [2.75, 3.05) is 0 Å². The number of hydrogen-bond acceptors (Lipinski definition) is 3. The van der Waals surface area contributed by atoms with Crippen LogP contribution in [0.3, 0.4) is 0 Å². The Labute approximate surface area is 83.0 Å². The Morgan fingerprint density at radius 1 is 1.43 bits per heavy atom. The van der Waals surface area contributed by atoms with Gasteiger partial charge in [-0.05, 0) is 31.5 Å². The predicted molar refractivity (Wildman–Crippen MR) is 52.9 cm³/mol. The van der Waals surface area contributed by atoms with Crippen molar-refractivity contribution < 1.29 is 9.90 Å². The molecule has 76 valence electrons. The first-order valence-corrected chi connectivity index (χ1v) is 4.50. The van der Waals surface area contributed by atoms with Gasteiger partial charge in [-0.3, -0.25) is 15.1 Å². The van der Waals surface area contributed by atoms with Gasteiger partial charge < -0.3 is 5.11 Å². The van der Waals surface area contributed by atoms with E-state index in [1.807, 2.05) is 19.1 Å². The van der Waals surface area contributed by atoms with E-state index in [0.717, 1.165) is 5.56 Å². The number of pyridine rings is 1. The van der Waals surface area contributed by atoms with E-state index >= 15 is 0 Å². The van der Waals surface area contributed by atoms with Crippen LogP contribution in [0.4, 0.5) is 0 Å². The Bertz CT molecular complexity index is 300. The van der Waals surface area contributed by atoms with Crippen LogP contribution in [0.15, 0.2) is 24.5 Å². The van der Waals surface area contributed by atoms with Gasteiger partial charge in [0.1, 0.15) is 6.04 Å². The summed E-state index contributed by atoms with van der Waals surface area (Å²) < 4.78 is 0. The molecule has 4 heteroatoms. The lowest BCUT2D eigenvalue weighted by Crippen LogP contribution is -2.35. The summed E-state index contributed by atoms with van der Waals surface area (Å²) in [4.78, 5) is 14.5. The molecule has 1 rings (SSSR count). The van der Waals surface area contributed by atoms with Gasteiger partial charge in [0.15, 0.2) is 0 Å². The molecule has 0 saturated carbocycles. The van der Waals surface area contributed by atoms with Crippen molar-refractivity contribution in [2.45, 2.75) is 25.9 Å². The summed E-state index contributed by atoms with van der Waals surface area (Å²) in [7, 11) is 0. The van der Waals surface area contributed by atoms with E-state index < -0.39 is 12.0 Å². The highest BCUT2D eigenvalue weighted by Gasteiger charge is 2.14. The van der Waals surface area contributed by atoms with Crippen molar-refractivity contribution in [3.63, 3.8) is 0 Å². The van der Waals surface area contributed by atoms with Crippen LogP contribution >= 0.6 is 0 Å². The Balaban J connectivity index is 2.59. The molecular formula is C10H14N2O2. The van der Waals surface area contributed by atoms with E-state index in [1.54, 1.807) is 19.3 Å². The molecule has 4 nitrogen and oxygen atoms in total. The van der Waals surface area contributed by atoms with Gasteiger partial charge in [0.05, 0.1) is 0 Å².